The van der Waals surface area contributed by atoms with Crippen molar-refractivity contribution in [1.82, 2.24) is 10.6 Å². The number of carbonyl (C=O) groups is 2. The predicted molar refractivity (Wildman–Crippen MR) is 320 cm³/mol. The minimum Gasteiger partial charge on any atom is -0.394 e. The Balaban J connectivity index is 0.944. The lowest BCUT2D eigenvalue weighted by Crippen LogP contribution is -2.70. The van der Waals surface area contributed by atoms with Gasteiger partial charge in [-0.2, -0.15) is 0 Å². The number of carbonyl (C=O) groups excluding carboxylic acids is 2. The van der Waals surface area contributed by atoms with Gasteiger partial charge in [-0.05, 0) is 0 Å². The molecule has 0 aromatic rings. The second kappa shape index (κ2) is 37.9. The molecule has 9 aliphatic rings. The van der Waals surface area contributed by atoms with Crippen LogP contribution in [0.4, 0.5) is 0 Å². The highest BCUT2D eigenvalue weighted by Crippen LogP contribution is 2.40. The Kier molecular flexibility index (Phi) is 31.1. The number of rotatable bonds is 27. The van der Waals surface area contributed by atoms with Crippen LogP contribution in [0.25, 0.3) is 0 Å². The molecular formula is C58H98N2O46. The maximum Gasteiger partial charge on any atom is 0.217 e. The molecule has 9 aliphatic heterocycles. The normalized spacial score (nSPS) is 51.2. The monoisotopic (exact) mass is 1560 g/mol. The van der Waals surface area contributed by atoms with E-state index in [2.05, 4.69) is 10.6 Å². The molecule has 0 bridgehead atoms. The van der Waals surface area contributed by atoms with Crippen molar-refractivity contribution in [2.45, 2.75) is 290 Å². The van der Waals surface area contributed by atoms with Gasteiger partial charge in [0, 0.05) is 13.8 Å². The van der Waals surface area contributed by atoms with E-state index in [-0.39, 0.29) is 0 Å². The molecule has 9 heterocycles. The molecule has 616 valence electrons. The topological polar surface area (TPSA) is 761 Å². The Morgan fingerprint density at radius 2 is 0.453 bits per heavy atom. The molecular weight excluding hydrogens is 1460 g/mol. The number of hydrogen-bond acceptors (Lipinski definition) is 46. The summed E-state index contributed by atoms with van der Waals surface area (Å²) in [6.45, 7) is -7.82. The van der Waals surface area contributed by atoms with Gasteiger partial charge in [0.2, 0.25) is 11.8 Å². The first-order valence-corrected chi connectivity index (χ1v) is 33.7. The van der Waals surface area contributed by atoms with Crippen molar-refractivity contribution >= 4 is 11.8 Å². The molecule has 2 amide bonds. The Bertz CT molecular complexity index is 2720. The van der Waals surface area contributed by atoms with Crippen LogP contribution in [0.1, 0.15) is 13.8 Å². The van der Waals surface area contributed by atoms with Crippen LogP contribution < -0.4 is 10.6 Å². The number of aliphatic hydroxyl groups is 27. The minimum absolute atomic E-state index is 0.749. The smallest absolute Gasteiger partial charge is 0.217 e. The van der Waals surface area contributed by atoms with Crippen LogP contribution in [0.3, 0.4) is 0 Å². The van der Waals surface area contributed by atoms with Crippen LogP contribution in [0.5, 0.6) is 0 Å². The lowest BCUT2D eigenvalue weighted by atomic mass is 9.94. The fraction of sp³-hybridized carbons (Fsp3) is 0.966. The maximum atomic E-state index is 12.7. The second-order valence-corrected chi connectivity index (χ2v) is 26.6. The molecule has 1 unspecified atom stereocenters. The summed E-state index contributed by atoms with van der Waals surface area (Å²) in [7, 11) is 0. The highest BCUT2D eigenvalue weighted by atomic mass is 16.8. The van der Waals surface area contributed by atoms with Crippen molar-refractivity contribution in [3.63, 3.8) is 0 Å². The lowest BCUT2D eigenvalue weighted by Gasteiger charge is -2.51. The first-order valence-electron chi connectivity index (χ1n) is 33.7. The van der Waals surface area contributed by atoms with E-state index in [4.69, 9.17) is 80.5 Å². The van der Waals surface area contributed by atoms with Gasteiger partial charge in [0.05, 0.1) is 59.5 Å². The summed E-state index contributed by atoms with van der Waals surface area (Å²) >= 11 is 0. The maximum absolute atomic E-state index is 12.7. The van der Waals surface area contributed by atoms with Crippen molar-refractivity contribution in [2.75, 3.05) is 59.5 Å². The molecule has 48 nitrogen and oxygen atoms in total. The van der Waals surface area contributed by atoms with Crippen molar-refractivity contribution in [3.05, 3.63) is 0 Å². The Morgan fingerprint density at radius 3 is 0.783 bits per heavy atom. The van der Waals surface area contributed by atoms with Crippen molar-refractivity contribution in [3.8, 4) is 0 Å². The van der Waals surface area contributed by atoms with Gasteiger partial charge in [-0.25, -0.2) is 0 Å². The van der Waals surface area contributed by atoms with Crippen LogP contribution in [-0.4, -0.2) is 485 Å². The highest BCUT2D eigenvalue weighted by Gasteiger charge is 2.61. The molecule has 0 aliphatic carbocycles. The second-order valence-electron chi connectivity index (χ2n) is 26.6. The Morgan fingerprint density at radius 1 is 0.226 bits per heavy atom. The van der Waals surface area contributed by atoms with Gasteiger partial charge in [-0.1, -0.05) is 0 Å². The van der Waals surface area contributed by atoms with E-state index in [0.29, 0.717) is 0 Å². The van der Waals surface area contributed by atoms with Gasteiger partial charge in [-0.3, -0.25) is 9.59 Å². The molecule has 0 saturated carbocycles. The largest absolute Gasteiger partial charge is 0.394 e. The predicted octanol–water partition coefficient (Wildman–Crippen LogP) is -20.3. The molecule has 9 fully saturated rings. The summed E-state index contributed by atoms with van der Waals surface area (Å²) in [4.78, 5) is 24.7. The number of aliphatic hydroxyl groups excluding tert-OH is 27. The van der Waals surface area contributed by atoms with E-state index in [1.165, 1.54) is 0 Å². The molecule has 9 saturated heterocycles. The van der Waals surface area contributed by atoms with Gasteiger partial charge in [0.1, 0.15) is 220 Å². The molecule has 48 heteroatoms. The van der Waals surface area contributed by atoms with Crippen molar-refractivity contribution < 1.29 is 228 Å². The quantitative estimate of drug-likeness (QED) is 0.0363. The van der Waals surface area contributed by atoms with Crippen molar-refractivity contribution in [2.24, 2.45) is 0 Å². The number of ether oxygens (including phenoxy) is 17. The number of nitrogens with one attached hydrogen (secondary N) is 2. The Labute approximate surface area is 598 Å². The standard InChI is InChI=1S/C58H98N2O46/c1-12(70)59-23-32(79)42(21(10-68)90-50(23)89)99-51-24(60-13(2)71)33(80)43(22(11-69)98-51)100-53-40(87)45(30(77)19(8-66)92-53)103-57-49(37(84)28(75)16(5-63)96-57)106-58-48(36(83)27(74)17(6-64)97-58)105-55-39(86)44(29(76)18(7-65)94-55)101-54-41(88)46(31(78)20(9-67)93-54)102-56-47(35(82)26(73)15(4-62)95-56)104-52-38(85)34(81)25(72)14(3-61)91-52/h14-58,61-69,72-89H,3-11H2,1-2H3,(H,59,70)(H,60,71)/t14-,15-,16-,17-,18-,19-,20-,21-,22-,23-,24-,25-,26-,27-,28-,29-,30-,31-,32-,33-,34+,35+,36+,37+,38-,39+,40+,41-,42-,43-,44+,45+,46+,47-,48+,49+,50?,51+,52-,53+,54-,55-,56-,57-,58-/m1/s1. The third-order valence-electron chi connectivity index (χ3n) is 19.6. The molecule has 106 heavy (non-hydrogen) atoms. The van der Waals surface area contributed by atoms with E-state index < -0.39 is 348 Å². The minimum atomic E-state index is -2.49. The van der Waals surface area contributed by atoms with E-state index >= 15 is 0 Å². The first-order chi connectivity index (χ1) is 50.3. The highest BCUT2D eigenvalue weighted by molar-refractivity contribution is 5.73. The Hall–Kier alpha value is -2.82. The average molecular weight is 1560 g/mol. The van der Waals surface area contributed by atoms with Crippen LogP contribution >= 0.6 is 0 Å². The van der Waals surface area contributed by atoms with Crippen LogP contribution in [-0.2, 0) is 90.1 Å². The number of amides is 2. The molecule has 0 aromatic heterocycles. The summed E-state index contributed by atoms with van der Waals surface area (Å²) < 4.78 is 98.3. The zero-order valence-electron chi connectivity index (χ0n) is 56.2. The summed E-state index contributed by atoms with van der Waals surface area (Å²) in [6, 6.07) is -3.39. The molecule has 29 N–H and O–H groups in total. The van der Waals surface area contributed by atoms with Gasteiger partial charge < -0.3 is 229 Å². The lowest BCUT2D eigenvalue weighted by molar-refractivity contribution is -0.412. The van der Waals surface area contributed by atoms with Crippen molar-refractivity contribution in [1.29, 1.82) is 0 Å². The third kappa shape index (κ3) is 18.4. The molecule has 0 radical (unpaired) electrons. The fourth-order valence-electron chi connectivity index (χ4n) is 13.7. The average Bonchev–Trinajstić information content (AvgIpc) is 0.770. The van der Waals surface area contributed by atoms with Crippen LogP contribution in [0.2, 0.25) is 0 Å². The van der Waals surface area contributed by atoms with E-state index in [1.54, 1.807) is 0 Å². The summed E-state index contributed by atoms with van der Waals surface area (Å²) in [5.74, 6) is -1.62. The van der Waals surface area contributed by atoms with Crippen LogP contribution in [0.15, 0.2) is 0 Å². The fourth-order valence-corrected chi connectivity index (χ4v) is 13.7. The molecule has 45 atom stereocenters. The molecule has 9 rings (SSSR count). The van der Waals surface area contributed by atoms with Gasteiger partial charge >= 0.3 is 0 Å². The molecule has 0 aromatic carbocycles. The van der Waals surface area contributed by atoms with Crippen LogP contribution in [0, 0.1) is 0 Å². The zero-order valence-corrected chi connectivity index (χ0v) is 56.2. The van der Waals surface area contributed by atoms with E-state index in [9.17, 15) is 147 Å². The zero-order chi connectivity index (χ0) is 77.9. The summed E-state index contributed by atoms with van der Waals surface area (Å²) in [5.41, 5.74) is 0. The van der Waals surface area contributed by atoms with E-state index in [0.717, 1.165) is 13.8 Å². The van der Waals surface area contributed by atoms with Gasteiger partial charge in [0.25, 0.3) is 0 Å². The third-order valence-corrected chi connectivity index (χ3v) is 19.6. The summed E-state index contributed by atoms with van der Waals surface area (Å²) in [6.07, 6.45) is -90.7. The van der Waals surface area contributed by atoms with Gasteiger partial charge in [-0.15, -0.1) is 0 Å². The van der Waals surface area contributed by atoms with Gasteiger partial charge in [0.15, 0.2) is 56.6 Å². The SMILES string of the molecule is CC(=O)N[C@H]1[C@H](O[C@H]2[C@H](O)[C@@H](NC(C)=O)C(O)O[C@@H]2CO)O[C@H](CO)[C@@H](O[C@@H]2O[C@H](CO)[C@@H](O)[C@H](O[C@H]3O[C@H](CO)[C@@H](O)[C@H](O)[C@@H]3O[C@H]3O[C@H](CO)[C@@H](O)[C@H](O)[C@@H]3O[C@H]3O[C@H](CO)[C@@H](O)[C@H](O[C@H]4O[C@H](CO)[C@@H](O)[C@H](O[C@H]5O[C@H](CO)[C@@H](O)[C@H](O)[C@H]5O[C@H]5O[C@H](CO)[C@@H](O)[C@H](O)[C@H]5O)[C@H]4O)[C@@H]3O)[C@@H]2O)[C@@H]1O. The summed E-state index contributed by atoms with van der Waals surface area (Å²) in [5, 5.41) is 302. The number of hydrogen-bond donors (Lipinski definition) is 29. The first kappa shape index (κ1) is 87.2. The van der Waals surface area contributed by atoms with E-state index in [1.807, 2.05) is 0 Å². The molecule has 0 spiro atoms.